The molecule has 120 valence electrons. The van der Waals surface area contributed by atoms with Gasteiger partial charge in [0.1, 0.15) is 0 Å². The molecule has 0 spiro atoms. The van der Waals surface area contributed by atoms with E-state index in [0.29, 0.717) is 12.1 Å². The molecule has 0 saturated heterocycles. The van der Waals surface area contributed by atoms with Crippen molar-refractivity contribution in [1.29, 1.82) is 0 Å². The van der Waals surface area contributed by atoms with Crippen LogP contribution in [0.1, 0.15) is 65.7 Å². The summed E-state index contributed by atoms with van der Waals surface area (Å²) in [5.74, 6) is 0. The van der Waals surface area contributed by atoms with E-state index in [2.05, 4.69) is 30.6 Å². The first-order valence-electron chi connectivity index (χ1n) is 8.94. The summed E-state index contributed by atoms with van der Waals surface area (Å²) in [7, 11) is 0. The normalized spacial score (nSPS) is 24.9. The van der Waals surface area contributed by atoms with E-state index in [4.69, 9.17) is 5.73 Å². The first kappa shape index (κ1) is 17.9. The molecule has 3 heteroatoms. The fourth-order valence-electron chi connectivity index (χ4n) is 3.54. The van der Waals surface area contributed by atoms with Crippen molar-refractivity contribution in [2.45, 2.75) is 77.8 Å². The summed E-state index contributed by atoms with van der Waals surface area (Å²) in [5, 5.41) is 0. The molecule has 20 heavy (non-hydrogen) atoms. The molecule has 0 aromatic carbocycles. The molecule has 3 nitrogen and oxygen atoms in total. The molecule has 2 N–H and O–H groups in total. The van der Waals surface area contributed by atoms with Gasteiger partial charge in [-0.2, -0.15) is 0 Å². The topological polar surface area (TPSA) is 32.5 Å². The standard InChI is InChI=1S/C17H37N3/c1-4-19(5-2)14-11-15-20(6-3)17-13-10-8-7-9-12-16(17)18/h16-17H,4-15,18H2,1-3H3. The highest BCUT2D eigenvalue weighted by atomic mass is 15.2. The van der Waals surface area contributed by atoms with Crippen LogP contribution in [-0.2, 0) is 0 Å². The van der Waals surface area contributed by atoms with Crippen molar-refractivity contribution in [2.75, 3.05) is 32.7 Å². The molecule has 0 aromatic rings. The van der Waals surface area contributed by atoms with Crippen molar-refractivity contribution in [3.8, 4) is 0 Å². The Labute approximate surface area is 126 Å². The molecule has 0 radical (unpaired) electrons. The van der Waals surface area contributed by atoms with Gasteiger partial charge in [-0.15, -0.1) is 0 Å². The van der Waals surface area contributed by atoms with Crippen LogP contribution in [0.5, 0.6) is 0 Å². The van der Waals surface area contributed by atoms with Crippen LogP contribution in [0.2, 0.25) is 0 Å². The van der Waals surface area contributed by atoms with E-state index >= 15 is 0 Å². The van der Waals surface area contributed by atoms with Crippen molar-refractivity contribution < 1.29 is 0 Å². The summed E-state index contributed by atoms with van der Waals surface area (Å²) in [4.78, 5) is 5.17. The Balaban J connectivity index is 2.41. The zero-order valence-corrected chi connectivity index (χ0v) is 14.1. The number of hydrogen-bond acceptors (Lipinski definition) is 3. The van der Waals surface area contributed by atoms with Gasteiger partial charge in [0, 0.05) is 12.1 Å². The Morgan fingerprint density at radius 2 is 1.50 bits per heavy atom. The van der Waals surface area contributed by atoms with Gasteiger partial charge >= 0.3 is 0 Å². The quantitative estimate of drug-likeness (QED) is 0.743. The van der Waals surface area contributed by atoms with Crippen LogP contribution in [0.3, 0.4) is 0 Å². The highest BCUT2D eigenvalue weighted by Crippen LogP contribution is 2.21. The van der Waals surface area contributed by atoms with Gasteiger partial charge in [-0.25, -0.2) is 0 Å². The summed E-state index contributed by atoms with van der Waals surface area (Å²) >= 11 is 0. The molecular weight excluding hydrogens is 246 g/mol. The minimum Gasteiger partial charge on any atom is -0.326 e. The lowest BCUT2D eigenvalue weighted by atomic mass is 9.91. The zero-order chi connectivity index (χ0) is 14.8. The molecule has 2 atom stereocenters. The SMILES string of the molecule is CCN(CC)CCCN(CC)C1CCCCCCC1N. The van der Waals surface area contributed by atoms with Gasteiger partial charge in [0.15, 0.2) is 0 Å². The van der Waals surface area contributed by atoms with Crippen molar-refractivity contribution >= 4 is 0 Å². The molecule has 1 rings (SSSR count). The summed E-state index contributed by atoms with van der Waals surface area (Å²) in [6.07, 6.45) is 9.28. The van der Waals surface area contributed by atoms with Crippen molar-refractivity contribution in [3.05, 3.63) is 0 Å². The van der Waals surface area contributed by atoms with Crippen LogP contribution in [0.25, 0.3) is 0 Å². The van der Waals surface area contributed by atoms with Crippen LogP contribution in [0, 0.1) is 0 Å². The van der Waals surface area contributed by atoms with Gasteiger partial charge in [-0.05, 0) is 52.0 Å². The maximum atomic E-state index is 6.46. The fourth-order valence-corrected chi connectivity index (χ4v) is 3.54. The van der Waals surface area contributed by atoms with Crippen LogP contribution in [-0.4, -0.2) is 54.6 Å². The Hall–Kier alpha value is -0.120. The number of hydrogen-bond donors (Lipinski definition) is 1. The molecular formula is C17H37N3. The Morgan fingerprint density at radius 1 is 0.850 bits per heavy atom. The van der Waals surface area contributed by atoms with E-state index in [1.165, 1.54) is 71.1 Å². The Kier molecular flexibility index (Phi) is 9.49. The van der Waals surface area contributed by atoms with E-state index < -0.39 is 0 Å². The lowest BCUT2D eigenvalue weighted by Crippen LogP contribution is -2.49. The van der Waals surface area contributed by atoms with Crippen LogP contribution >= 0.6 is 0 Å². The Morgan fingerprint density at radius 3 is 2.10 bits per heavy atom. The second-order valence-corrected chi connectivity index (χ2v) is 6.23. The lowest BCUT2D eigenvalue weighted by molar-refractivity contribution is 0.146. The van der Waals surface area contributed by atoms with E-state index in [0.717, 1.165) is 6.54 Å². The third kappa shape index (κ3) is 6.11. The smallest absolute Gasteiger partial charge is 0.0247 e. The first-order chi connectivity index (χ1) is 9.72. The van der Waals surface area contributed by atoms with Crippen LogP contribution < -0.4 is 5.73 Å². The number of likely N-dealkylation sites (N-methyl/N-ethyl adjacent to an activating group) is 1. The summed E-state index contributed by atoms with van der Waals surface area (Å²) in [6.45, 7) is 12.7. The van der Waals surface area contributed by atoms with Gasteiger partial charge in [0.05, 0.1) is 0 Å². The monoisotopic (exact) mass is 283 g/mol. The molecule has 2 unspecified atom stereocenters. The van der Waals surface area contributed by atoms with E-state index in [1.807, 2.05) is 0 Å². The second-order valence-electron chi connectivity index (χ2n) is 6.23. The molecule has 1 fully saturated rings. The van der Waals surface area contributed by atoms with Crippen LogP contribution in [0.4, 0.5) is 0 Å². The summed E-state index contributed by atoms with van der Waals surface area (Å²) < 4.78 is 0. The van der Waals surface area contributed by atoms with Crippen LogP contribution in [0.15, 0.2) is 0 Å². The molecule has 0 heterocycles. The summed E-state index contributed by atoms with van der Waals surface area (Å²) in [6, 6.07) is 1.01. The van der Waals surface area contributed by atoms with Gasteiger partial charge in [-0.3, -0.25) is 4.90 Å². The van der Waals surface area contributed by atoms with E-state index in [1.54, 1.807) is 0 Å². The zero-order valence-electron chi connectivity index (χ0n) is 14.1. The van der Waals surface area contributed by atoms with Gasteiger partial charge < -0.3 is 10.6 Å². The molecule has 0 aliphatic heterocycles. The highest BCUT2D eigenvalue weighted by molar-refractivity contribution is 4.83. The van der Waals surface area contributed by atoms with Crippen molar-refractivity contribution in [3.63, 3.8) is 0 Å². The van der Waals surface area contributed by atoms with Crippen molar-refractivity contribution in [2.24, 2.45) is 5.73 Å². The molecule has 1 aliphatic rings. The molecule has 0 amide bonds. The van der Waals surface area contributed by atoms with E-state index in [-0.39, 0.29) is 0 Å². The predicted molar refractivity (Wildman–Crippen MR) is 89.1 cm³/mol. The lowest BCUT2D eigenvalue weighted by Gasteiger charge is -2.36. The molecule has 1 saturated carbocycles. The first-order valence-corrected chi connectivity index (χ1v) is 8.94. The number of rotatable bonds is 8. The van der Waals surface area contributed by atoms with Crippen molar-refractivity contribution in [1.82, 2.24) is 9.80 Å². The predicted octanol–water partition coefficient (Wildman–Crippen LogP) is 3.09. The van der Waals surface area contributed by atoms with Gasteiger partial charge in [0.2, 0.25) is 0 Å². The second kappa shape index (κ2) is 10.6. The summed E-state index contributed by atoms with van der Waals surface area (Å²) in [5.41, 5.74) is 6.46. The minimum atomic E-state index is 0.392. The average Bonchev–Trinajstić information content (AvgIpc) is 2.45. The third-order valence-electron chi connectivity index (χ3n) is 4.97. The maximum Gasteiger partial charge on any atom is 0.0247 e. The third-order valence-corrected chi connectivity index (χ3v) is 4.97. The molecule has 1 aliphatic carbocycles. The largest absolute Gasteiger partial charge is 0.326 e. The molecule has 0 aromatic heterocycles. The maximum absolute atomic E-state index is 6.46. The highest BCUT2D eigenvalue weighted by Gasteiger charge is 2.24. The Bertz CT molecular complexity index is 228. The average molecular weight is 284 g/mol. The minimum absolute atomic E-state index is 0.392. The van der Waals surface area contributed by atoms with Gasteiger partial charge in [0.25, 0.3) is 0 Å². The fraction of sp³-hybridized carbons (Fsp3) is 1.00. The van der Waals surface area contributed by atoms with Gasteiger partial charge in [-0.1, -0.05) is 46.5 Å². The number of nitrogens with two attached hydrogens (primary N) is 1. The number of nitrogens with zero attached hydrogens (tertiary/aromatic N) is 2. The van der Waals surface area contributed by atoms with E-state index in [9.17, 15) is 0 Å². The molecule has 0 bridgehead atoms.